The minimum absolute atomic E-state index is 0.0419. The molecule has 2 amide bonds. The van der Waals surface area contributed by atoms with Crippen LogP contribution in [0.3, 0.4) is 0 Å². The number of hydrogen-bond acceptors (Lipinski definition) is 5. The van der Waals surface area contributed by atoms with Crippen molar-refractivity contribution >= 4 is 17.9 Å². The average molecular weight is 444 g/mol. The third-order valence-corrected chi connectivity index (χ3v) is 6.69. The molecule has 1 aliphatic carbocycles. The van der Waals surface area contributed by atoms with Crippen LogP contribution in [0.25, 0.3) is 6.08 Å². The van der Waals surface area contributed by atoms with Crippen LogP contribution < -0.4 is 4.74 Å². The van der Waals surface area contributed by atoms with E-state index in [1.807, 2.05) is 40.0 Å². The van der Waals surface area contributed by atoms with E-state index in [4.69, 9.17) is 4.74 Å². The Bertz CT molecular complexity index is 834. The predicted octanol–water partition coefficient (Wildman–Crippen LogP) is 3.37. The lowest BCUT2D eigenvalue weighted by atomic mass is 9.88. The smallest absolute Gasteiger partial charge is 0.259 e. The number of allylic oxidation sites excluding steroid dienone is 1. The van der Waals surface area contributed by atoms with Crippen LogP contribution in [-0.2, 0) is 4.79 Å². The Morgan fingerprint density at radius 3 is 2.75 bits per heavy atom. The Labute approximate surface area is 191 Å². The summed E-state index contributed by atoms with van der Waals surface area (Å²) in [6, 6.07) is 1.45. The molecule has 1 saturated carbocycles. The number of pyridine rings is 1. The van der Waals surface area contributed by atoms with E-state index in [1.54, 1.807) is 22.1 Å². The van der Waals surface area contributed by atoms with Crippen LogP contribution in [0.15, 0.2) is 18.3 Å². The summed E-state index contributed by atoms with van der Waals surface area (Å²) in [5.74, 6) is 0.320. The van der Waals surface area contributed by atoms with Crippen LogP contribution >= 0.6 is 0 Å². The van der Waals surface area contributed by atoms with Crippen LogP contribution in [0.4, 0.5) is 0 Å². The van der Waals surface area contributed by atoms with Crippen molar-refractivity contribution in [3.05, 3.63) is 29.5 Å². The molecule has 1 aliphatic heterocycles. The highest BCUT2D eigenvalue weighted by molar-refractivity contribution is 5.97. The molecule has 1 aromatic heterocycles. The first kappa shape index (κ1) is 24.2. The Kier molecular flexibility index (Phi) is 8.29. The lowest BCUT2D eigenvalue weighted by Gasteiger charge is -2.38. The Balaban J connectivity index is 1.88. The molecule has 1 aromatic rings. The second kappa shape index (κ2) is 10.9. The number of rotatable bonds is 6. The van der Waals surface area contributed by atoms with Crippen molar-refractivity contribution in [2.24, 2.45) is 11.8 Å². The van der Waals surface area contributed by atoms with Crippen molar-refractivity contribution in [2.75, 3.05) is 26.7 Å². The van der Waals surface area contributed by atoms with Crippen LogP contribution in [0, 0.1) is 11.8 Å². The number of carbonyl (C=O) groups is 2. The molecule has 0 saturated heterocycles. The maximum Gasteiger partial charge on any atom is 0.259 e. The van der Waals surface area contributed by atoms with Crippen molar-refractivity contribution in [3.63, 3.8) is 0 Å². The number of nitrogens with zero attached hydrogens (tertiary/aromatic N) is 3. The van der Waals surface area contributed by atoms with Gasteiger partial charge >= 0.3 is 0 Å². The Morgan fingerprint density at radius 1 is 1.38 bits per heavy atom. The summed E-state index contributed by atoms with van der Waals surface area (Å²) in [6.45, 7) is 6.51. The van der Waals surface area contributed by atoms with Crippen LogP contribution in [-0.4, -0.2) is 70.6 Å². The van der Waals surface area contributed by atoms with Gasteiger partial charge in [-0.05, 0) is 38.3 Å². The van der Waals surface area contributed by atoms with Gasteiger partial charge in [-0.25, -0.2) is 4.98 Å². The average Bonchev–Trinajstić information content (AvgIpc) is 2.81. The summed E-state index contributed by atoms with van der Waals surface area (Å²) in [6.07, 6.45) is 10.5. The monoisotopic (exact) mass is 443 g/mol. The fourth-order valence-electron chi connectivity index (χ4n) is 4.64. The minimum atomic E-state index is -0.330. The van der Waals surface area contributed by atoms with Crippen molar-refractivity contribution < 1.29 is 19.4 Å². The van der Waals surface area contributed by atoms with Gasteiger partial charge in [-0.1, -0.05) is 38.3 Å². The second-order valence-corrected chi connectivity index (χ2v) is 9.30. The third-order valence-electron chi connectivity index (χ3n) is 6.69. The quantitative estimate of drug-likeness (QED) is 0.729. The molecule has 7 nitrogen and oxygen atoms in total. The molecule has 176 valence electrons. The van der Waals surface area contributed by atoms with E-state index >= 15 is 0 Å². The van der Waals surface area contributed by atoms with Gasteiger partial charge in [-0.15, -0.1) is 0 Å². The highest BCUT2D eigenvalue weighted by Crippen LogP contribution is 2.29. The number of amides is 2. The molecule has 1 N–H and O–H groups in total. The van der Waals surface area contributed by atoms with Gasteiger partial charge in [0.15, 0.2) is 0 Å². The maximum atomic E-state index is 13.3. The standard InChI is InChI=1S/C25H37N3O4/c1-5-9-19-12-21-23(26-13-19)32-22(17(2)14-28(25(21)31)18(3)16-29)15-27(4)24(30)20-10-7-6-8-11-20/h5,9,12-13,17-18,20,22,29H,6-8,10-11,14-16H2,1-4H3/b9-5+/t17-,18-,22+/m1/s1. The maximum absolute atomic E-state index is 13.3. The topological polar surface area (TPSA) is 83.0 Å². The molecular formula is C25H37N3O4. The molecule has 0 bridgehead atoms. The fraction of sp³-hybridized carbons (Fsp3) is 0.640. The first-order valence-corrected chi connectivity index (χ1v) is 11.8. The molecule has 2 heterocycles. The van der Waals surface area contributed by atoms with E-state index in [-0.39, 0.29) is 48.3 Å². The number of ether oxygens (including phenoxy) is 1. The highest BCUT2D eigenvalue weighted by Gasteiger charge is 2.35. The number of aliphatic hydroxyl groups is 1. The number of aliphatic hydroxyl groups excluding tert-OH is 1. The zero-order valence-corrected chi connectivity index (χ0v) is 19.8. The molecule has 32 heavy (non-hydrogen) atoms. The summed E-state index contributed by atoms with van der Waals surface area (Å²) >= 11 is 0. The van der Waals surface area contributed by atoms with Crippen molar-refractivity contribution in [1.29, 1.82) is 0 Å². The molecule has 0 radical (unpaired) electrons. The summed E-state index contributed by atoms with van der Waals surface area (Å²) < 4.78 is 6.28. The molecule has 0 aromatic carbocycles. The first-order chi connectivity index (χ1) is 15.3. The van der Waals surface area contributed by atoms with Gasteiger partial charge in [-0.2, -0.15) is 0 Å². The lowest BCUT2D eigenvalue weighted by Crippen LogP contribution is -2.51. The molecular weight excluding hydrogens is 406 g/mol. The predicted molar refractivity (Wildman–Crippen MR) is 124 cm³/mol. The number of hydrogen-bond donors (Lipinski definition) is 1. The van der Waals surface area contributed by atoms with Crippen LogP contribution in [0.2, 0.25) is 0 Å². The van der Waals surface area contributed by atoms with Gasteiger partial charge in [0.05, 0.1) is 19.2 Å². The van der Waals surface area contributed by atoms with Gasteiger partial charge < -0.3 is 19.6 Å². The fourth-order valence-corrected chi connectivity index (χ4v) is 4.64. The highest BCUT2D eigenvalue weighted by atomic mass is 16.5. The van der Waals surface area contributed by atoms with E-state index in [9.17, 15) is 14.7 Å². The summed E-state index contributed by atoms with van der Waals surface area (Å²) in [5.41, 5.74) is 1.20. The largest absolute Gasteiger partial charge is 0.472 e. The first-order valence-electron chi connectivity index (χ1n) is 11.8. The third kappa shape index (κ3) is 5.49. The Hall–Kier alpha value is -2.41. The van der Waals surface area contributed by atoms with Gasteiger partial charge in [-0.3, -0.25) is 9.59 Å². The SMILES string of the molecule is C/C=C/c1cnc2c(c1)C(=O)N([C@H](C)CO)C[C@@H](C)[C@H](CN(C)C(=O)C1CCCCC1)O2. The number of aromatic nitrogens is 1. The zero-order valence-electron chi connectivity index (χ0n) is 19.8. The van der Waals surface area contributed by atoms with E-state index in [2.05, 4.69) is 4.98 Å². The number of likely N-dealkylation sites (N-methyl/N-ethyl adjacent to an activating group) is 1. The van der Waals surface area contributed by atoms with Crippen molar-refractivity contribution in [2.45, 2.75) is 65.0 Å². The lowest BCUT2D eigenvalue weighted by molar-refractivity contribution is -0.136. The molecule has 1 fully saturated rings. The van der Waals surface area contributed by atoms with E-state index in [1.165, 1.54) is 6.42 Å². The summed E-state index contributed by atoms with van der Waals surface area (Å²) in [5, 5.41) is 9.76. The van der Waals surface area contributed by atoms with Gasteiger partial charge in [0.1, 0.15) is 11.7 Å². The summed E-state index contributed by atoms with van der Waals surface area (Å²) in [7, 11) is 1.84. The normalized spacial score (nSPS) is 23.3. The molecule has 3 atom stereocenters. The minimum Gasteiger partial charge on any atom is -0.472 e. The van der Waals surface area contributed by atoms with E-state index in [0.29, 0.717) is 18.7 Å². The van der Waals surface area contributed by atoms with Crippen molar-refractivity contribution in [3.8, 4) is 5.88 Å². The summed E-state index contributed by atoms with van der Waals surface area (Å²) in [4.78, 5) is 34.3. The molecule has 7 heteroatoms. The molecule has 0 spiro atoms. The van der Waals surface area contributed by atoms with E-state index < -0.39 is 0 Å². The second-order valence-electron chi connectivity index (χ2n) is 9.30. The zero-order chi connectivity index (χ0) is 23.3. The van der Waals surface area contributed by atoms with Gasteiger partial charge in [0.2, 0.25) is 11.8 Å². The van der Waals surface area contributed by atoms with Crippen LogP contribution in [0.1, 0.15) is 68.8 Å². The van der Waals surface area contributed by atoms with Gasteiger partial charge in [0.25, 0.3) is 5.91 Å². The van der Waals surface area contributed by atoms with Crippen molar-refractivity contribution in [1.82, 2.24) is 14.8 Å². The molecule has 3 rings (SSSR count). The number of carbonyl (C=O) groups excluding carboxylic acids is 2. The van der Waals surface area contributed by atoms with Gasteiger partial charge in [0, 0.05) is 31.6 Å². The molecule has 2 aliphatic rings. The molecule has 0 unspecified atom stereocenters. The van der Waals surface area contributed by atoms with E-state index in [0.717, 1.165) is 31.2 Å². The Morgan fingerprint density at radius 2 is 2.09 bits per heavy atom. The number of fused-ring (bicyclic) bond motifs is 1. The van der Waals surface area contributed by atoms with Crippen LogP contribution in [0.5, 0.6) is 5.88 Å².